The molecule has 5 rings (SSSR count). The van der Waals surface area contributed by atoms with E-state index >= 15 is 0 Å². The molecule has 2 bridgehead atoms. The fraction of sp³-hybridized carbons (Fsp3) is 0.467. The van der Waals surface area contributed by atoms with Crippen LogP contribution in [0, 0.1) is 30.6 Å². The maximum absolute atomic E-state index is 2.72. The Kier molecular flexibility index (Phi) is 4.95. The molecule has 32 heavy (non-hydrogen) atoms. The van der Waals surface area contributed by atoms with Crippen molar-refractivity contribution in [1.29, 1.82) is 0 Å². The molecular weight excluding hydrogens is 424 g/mol. The van der Waals surface area contributed by atoms with Gasteiger partial charge >= 0.3 is 0 Å². The van der Waals surface area contributed by atoms with Crippen molar-refractivity contribution < 1.29 is 0 Å². The van der Waals surface area contributed by atoms with E-state index in [1.165, 1.54) is 27.8 Å². The summed E-state index contributed by atoms with van der Waals surface area (Å²) in [5.41, 5.74) is 8.97. The van der Waals surface area contributed by atoms with Crippen LogP contribution in [0.4, 0.5) is 0 Å². The van der Waals surface area contributed by atoms with Crippen molar-refractivity contribution in [2.45, 2.75) is 69.5 Å². The minimum Gasteiger partial charge on any atom is -0.129 e. The number of fused-ring (bicyclic) bond motifs is 1. The first-order valence-electron chi connectivity index (χ1n) is 11.8. The molecule has 3 aliphatic rings. The van der Waals surface area contributed by atoms with Gasteiger partial charge in [0.1, 0.15) is 4.08 Å². The molecule has 168 valence electrons. The molecule has 0 nitrogen and oxygen atoms in total. The Hall–Kier alpha value is -1.38. The fourth-order valence-electron chi connectivity index (χ4n) is 5.69. The summed E-state index contributed by atoms with van der Waals surface area (Å²) in [5, 5.41) is 0.546. The molecule has 2 aliphatic heterocycles. The summed E-state index contributed by atoms with van der Waals surface area (Å²) in [6.07, 6.45) is 5.36. The van der Waals surface area contributed by atoms with Gasteiger partial charge in [-0.1, -0.05) is 113 Å². The van der Waals surface area contributed by atoms with Crippen LogP contribution < -0.4 is 0 Å². The zero-order chi connectivity index (χ0) is 23.1. The molecule has 2 heterocycles. The van der Waals surface area contributed by atoms with Crippen LogP contribution in [0.25, 0.3) is 5.57 Å². The second-order valence-electron chi connectivity index (χ2n) is 12.0. The Morgan fingerprint density at radius 3 is 1.84 bits per heavy atom. The first kappa shape index (κ1) is 22.4. The molecule has 1 fully saturated rings. The first-order valence-corrected chi connectivity index (χ1v) is 13.5. The second kappa shape index (κ2) is 7.06. The first-order chi connectivity index (χ1) is 14.9. The van der Waals surface area contributed by atoms with Crippen molar-refractivity contribution in [2.75, 3.05) is 0 Å². The normalized spacial score (nSPS) is 31.5. The Balaban J connectivity index is 1.78. The number of aryl methyl sites for hydroxylation is 2. The minimum absolute atomic E-state index is 0.0394. The Labute approximate surface area is 203 Å². The van der Waals surface area contributed by atoms with Crippen LogP contribution in [-0.2, 0) is 4.08 Å². The van der Waals surface area contributed by atoms with Gasteiger partial charge in [0.2, 0.25) is 0 Å². The number of allylic oxidation sites excluding steroid dienone is 2. The topological polar surface area (TPSA) is 0 Å². The maximum Gasteiger partial charge on any atom is 0.106 e. The molecule has 1 aliphatic carbocycles. The van der Waals surface area contributed by atoms with Crippen LogP contribution in [0.5, 0.6) is 0 Å². The Morgan fingerprint density at radius 2 is 1.31 bits per heavy atom. The second-order valence-corrected chi connectivity index (χ2v) is 15.2. The highest BCUT2D eigenvalue weighted by Crippen LogP contribution is 2.78. The van der Waals surface area contributed by atoms with Gasteiger partial charge in [-0.25, -0.2) is 0 Å². The van der Waals surface area contributed by atoms with E-state index in [1.807, 2.05) is 0 Å². The predicted molar refractivity (Wildman–Crippen MR) is 144 cm³/mol. The monoisotopic (exact) mass is 460 g/mol. The predicted octanol–water partition coefficient (Wildman–Crippen LogP) is 8.79. The number of hydrogen-bond acceptors (Lipinski definition) is 2. The molecule has 0 spiro atoms. The van der Waals surface area contributed by atoms with Crippen LogP contribution in [0.2, 0.25) is 0 Å². The minimum atomic E-state index is -0.0394. The van der Waals surface area contributed by atoms with Crippen molar-refractivity contribution in [3.63, 3.8) is 0 Å². The molecule has 1 saturated heterocycles. The lowest BCUT2D eigenvalue weighted by Crippen LogP contribution is -2.43. The average molecular weight is 461 g/mol. The van der Waals surface area contributed by atoms with Crippen molar-refractivity contribution >= 4 is 29.1 Å². The maximum atomic E-state index is 2.72. The zero-order valence-electron chi connectivity index (χ0n) is 20.7. The molecule has 0 N–H and O–H groups in total. The highest BCUT2D eigenvalue weighted by atomic mass is 32.2. The van der Waals surface area contributed by atoms with Gasteiger partial charge < -0.3 is 0 Å². The molecule has 0 radical (unpaired) electrons. The largest absolute Gasteiger partial charge is 0.129 e. The average Bonchev–Trinajstić information content (AvgIpc) is 3.16. The van der Waals surface area contributed by atoms with Crippen LogP contribution in [0.15, 0.2) is 66.3 Å². The number of benzene rings is 2. The summed E-state index contributed by atoms with van der Waals surface area (Å²) < 4.78 is 0.0705. The third-order valence-electron chi connectivity index (χ3n) is 7.61. The lowest BCUT2D eigenvalue weighted by Gasteiger charge is -2.41. The van der Waals surface area contributed by atoms with E-state index in [0.717, 1.165) is 0 Å². The summed E-state index contributed by atoms with van der Waals surface area (Å²) in [5.74, 6) is 0.468. The molecule has 0 aromatic heterocycles. The van der Waals surface area contributed by atoms with E-state index in [4.69, 9.17) is 0 Å². The molecule has 2 heteroatoms. The highest BCUT2D eigenvalue weighted by Gasteiger charge is 2.68. The molecule has 2 aromatic carbocycles. The third-order valence-corrected chi connectivity index (χ3v) is 11.9. The lowest BCUT2D eigenvalue weighted by molar-refractivity contribution is 0.325. The van der Waals surface area contributed by atoms with Gasteiger partial charge in [0.05, 0.1) is 4.75 Å². The van der Waals surface area contributed by atoms with Gasteiger partial charge in [-0.05, 0) is 47.5 Å². The van der Waals surface area contributed by atoms with Crippen LogP contribution >= 0.6 is 23.5 Å². The van der Waals surface area contributed by atoms with Crippen molar-refractivity contribution in [3.8, 4) is 0 Å². The molecule has 0 unspecified atom stereocenters. The Bertz CT molecular complexity index is 1110. The van der Waals surface area contributed by atoms with E-state index in [2.05, 4.69) is 140 Å². The summed E-state index contributed by atoms with van der Waals surface area (Å²) in [7, 11) is 0. The van der Waals surface area contributed by atoms with Gasteiger partial charge in [0, 0.05) is 11.2 Å². The lowest BCUT2D eigenvalue weighted by atomic mass is 9.73. The van der Waals surface area contributed by atoms with E-state index in [0.29, 0.717) is 11.2 Å². The summed E-state index contributed by atoms with van der Waals surface area (Å²) >= 11 is 4.43. The van der Waals surface area contributed by atoms with Gasteiger partial charge in [0.25, 0.3) is 0 Å². The smallest absolute Gasteiger partial charge is 0.106 e. The van der Waals surface area contributed by atoms with E-state index in [1.54, 1.807) is 5.57 Å². The fourth-order valence-corrected chi connectivity index (χ4v) is 10.5. The van der Waals surface area contributed by atoms with Gasteiger partial charge in [0.15, 0.2) is 0 Å². The van der Waals surface area contributed by atoms with E-state index in [9.17, 15) is 0 Å². The third kappa shape index (κ3) is 3.20. The van der Waals surface area contributed by atoms with Gasteiger partial charge in [-0.3, -0.25) is 0 Å². The summed E-state index contributed by atoms with van der Waals surface area (Å²) in [4.78, 5) is 0. The molecular formula is C30H36S2. The highest BCUT2D eigenvalue weighted by molar-refractivity contribution is 8.22. The quantitative estimate of drug-likeness (QED) is 0.411. The molecule has 4 atom stereocenters. The SMILES string of the molecule is Cc1ccc(C2=C[C@@]3(c4ccc(C)cc4)S[C@H]4[C@@H]2C(C(C)(C)C)=C[C@@]4(C(C)(C)C)S3)cc1. The van der Waals surface area contributed by atoms with Crippen LogP contribution in [0.3, 0.4) is 0 Å². The van der Waals surface area contributed by atoms with E-state index < -0.39 is 0 Å². The van der Waals surface area contributed by atoms with Gasteiger partial charge in [-0.2, -0.15) is 0 Å². The van der Waals surface area contributed by atoms with Crippen LogP contribution in [0.1, 0.15) is 63.8 Å². The van der Waals surface area contributed by atoms with Gasteiger partial charge in [-0.15, -0.1) is 23.5 Å². The Morgan fingerprint density at radius 1 is 0.750 bits per heavy atom. The van der Waals surface area contributed by atoms with Crippen molar-refractivity contribution in [1.82, 2.24) is 0 Å². The van der Waals surface area contributed by atoms with Crippen molar-refractivity contribution in [3.05, 3.63) is 88.5 Å². The summed E-state index contributed by atoms with van der Waals surface area (Å²) in [6.45, 7) is 18.9. The van der Waals surface area contributed by atoms with Crippen LogP contribution in [-0.4, -0.2) is 10.00 Å². The summed E-state index contributed by atoms with van der Waals surface area (Å²) in [6, 6.07) is 18.5. The standard InChI is InChI=1S/C30H36S2/c1-19-9-13-21(14-10-19)23-17-30(22-15-11-20(2)12-16-22)31-26-25(23)24(27(3,4)5)18-29(26,32-30)28(6,7)8/h9-18,25-26H,1-8H3/t25-,26-,29+,30+/m0/s1. The molecule has 2 aromatic rings. The molecule has 0 saturated carbocycles. The zero-order valence-corrected chi connectivity index (χ0v) is 22.4. The molecule has 0 amide bonds. The van der Waals surface area contributed by atoms with E-state index in [-0.39, 0.29) is 19.7 Å². The number of hydrogen-bond donors (Lipinski definition) is 0. The number of rotatable bonds is 2. The van der Waals surface area contributed by atoms with Crippen molar-refractivity contribution in [2.24, 2.45) is 16.7 Å². The number of thioether (sulfide) groups is 2.